The lowest BCUT2D eigenvalue weighted by molar-refractivity contribution is 0.0600. The molecule has 1 aromatic heterocycles. The minimum Gasteiger partial charge on any atom is -0.465 e. The Labute approximate surface area is 157 Å². The zero-order chi connectivity index (χ0) is 19.2. The summed E-state index contributed by atoms with van der Waals surface area (Å²) in [6.45, 7) is 2.02. The number of carbonyl (C=O) groups excluding carboxylic acids is 2. The molecule has 0 saturated carbocycles. The van der Waals surface area contributed by atoms with Crippen LogP contribution in [0, 0.1) is 6.92 Å². The number of nitrogens with zero attached hydrogens (tertiary/aromatic N) is 1. The average molecular weight is 361 g/mol. The van der Waals surface area contributed by atoms with Crippen LogP contribution < -0.4 is 10.6 Å². The fourth-order valence-corrected chi connectivity index (χ4v) is 2.47. The van der Waals surface area contributed by atoms with Crippen LogP contribution in [-0.4, -0.2) is 24.0 Å². The van der Waals surface area contributed by atoms with Crippen LogP contribution in [0.1, 0.15) is 26.4 Å². The minimum absolute atomic E-state index is 0.260. The predicted octanol–water partition coefficient (Wildman–Crippen LogP) is 4.17. The first-order valence-corrected chi connectivity index (χ1v) is 8.34. The topological polar surface area (TPSA) is 80.3 Å². The Morgan fingerprint density at radius 2 is 1.70 bits per heavy atom. The number of esters is 1. The maximum atomic E-state index is 12.5. The minimum atomic E-state index is -0.464. The summed E-state index contributed by atoms with van der Waals surface area (Å²) in [5.74, 6) is -0.835. The van der Waals surface area contributed by atoms with Gasteiger partial charge in [0.05, 0.1) is 12.7 Å². The fourth-order valence-electron chi connectivity index (χ4n) is 2.47. The van der Waals surface area contributed by atoms with Crippen molar-refractivity contribution in [1.29, 1.82) is 0 Å². The van der Waals surface area contributed by atoms with E-state index in [2.05, 4.69) is 20.4 Å². The number of anilines is 3. The Morgan fingerprint density at radius 1 is 0.926 bits per heavy atom. The quantitative estimate of drug-likeness (QED) is 0.667. The van der Waals surface area contributed by atoms with E-state index in [1.165, 1.54) is 12.7 Å². The first-order valence-electron chi connectivity index (χ1n) is 8.34. The molecule has 0 aliphatic rings. The van der Waals surface area contributed by atoms with Gasteiger partial charge in [-0.1, -0.05) is 23.8 Å². The molecule has 6 heteroatoms. The summed E-state index contributed by atoms with van der Waals surface area (Å²) in [4.78, 5) is 28.2. The molecule has 27 heavy (non-hydrogen) atoms. The molecule has 0 saturated heterocycles. The third-order valence-electron chi connectivity index (χ3n) is 3.87. The van der Waals surface area contributed by atoms with Crippen molar-refractivity contribution in [3.8, 4) is 0 Å². The van der Waals surface area contributed by atoms with E-state index in [4.69, 9.17) is 0 Å². The fraction of sp³-hybridized carbons (Fsp3) is 0.0952. The van der Waals surface area contributed by atoms with Gasteiger partial charge in [-0.05, 0) is 49.4 Å². The largest absolute Gasteiger partial charge is 0.465 e. The Kier molecular flexibility index (Phi) is 5.47. The van der Waals surface area contributed by atoms with Gasteiger partial charge in [0.2, 0.25) is 0 Å². The van der Waals surface area contributed by atoms with Crippen molar-refractivity contribution in [3.63, 3.8) is 0 Å². The number of pyridine rings is 1. The third-order valence-corrected chi connectivity index (χ3v) is 3.87. The normalized spacial score (nSPS) is 10.1. The van der Waals surface area contributed by atoms with Crippen LogP contribution in [-0.2, 0) is 4.74 Å². The summed E-state index contributed by atoms with van der Waals surface area (Å²) < 4.78 is 4.69. The van der Waals surface area contributed by atoms with Crippen LogP contribution in [0.3, 0.4) is 0 Å². The second-order valence-electron chi connectivity index (χ2n) is 5.95. The van der Waals surface area contributed by atoms with Gasteiger partial charge in [0.25, 0.3) is 5.91 Å². The van der Waals surface area contributed by atoms with Gasteiger partial charge in [0.1, 0.15) is 5.69 Å². The van der Waals surface area contributed by atoms with Crippen LogP contribution in [0.15, 0.2) is 66.9 Å². The maximum absolute atomic E-state index is 12.5. The van der Waals surface area contributed by atoms with Gasteiger partial charge in [0, 0.05) is 23.3 Å². The number of amides is 1. The molecule has 0 radical (unpaired) electrons. The Morgan fingerprint density at radius 3 is 2.44 bits per heavy atom. The molecular formula is C21H19N3O3. The summed E-state index contributed by atoms with van der Waals surface area (Å²) in [5.41, 5.74) is 3.95. The molecule has 3 aromatic rings. The van der Waals surface area contributed by atoms with E-state index >= 15 is 0 Å². The number of methoxy groups -OCH3 is 1. The molecule has 136 valence electrons. The molecule has 0 aliphatic heterocycles. The molecule has 0 aliphatic carbocycles. The number of hydrogen-bond acceptors (Lipinski definition) is 5. The number of aromatic nitrogens is 1. The van der Waals surface area contributed by atoms with E-state index in [0.717, 1.165) is 11.4 Å². The molecule has 0 spiro atoms. The summed E-state index contributed by atoms with van der Waals surface area (Å²) in [6, 6.07) is 17.9. The second kappa shape index (κ2) is 8.14. The molecule has 2 aromatic carbocycles. The van der Waals surface area contributed by atoms with Crippen molar-refractivity contribution in [2.45, 2.75) is 6.92 Å². The van der Waals surface area contributed by atoms with E-state index in [1.807, 2.05) is 31.2 Å². The van der Waals surface area contributed by atoms with E-state index in [-0.39, 0.29) is 11.6 Å². The summed E-state index contributed by atoms with van der Waals surface area (Å²) in [6.07, 6.45) is 1.57. The molecular weight excluding hydrogens is 342 g/mol. The van der Waals surface area contributed by atoms with Crippen molar-refractivity contribution in [2.75, 3.05) is 17.7 Å². The third kappa shape index (κ3) is 4.70. The Bertz CT molecular complexity index is 968. The number of carbonyl (C=O) groups is 2. The van der Waals surface area contributed by atoms with Crippen LogP contribution in [0.2, 0.25) is 0 Å². The smallest absolute Gasteiger partial charge is 0.337 e. The SMILES string of the molecule is COC(=O)c1cccc(NC(=O)c2cc(Nc3ccc(C)cc3)ccn2)c1. The standard InChI is InChI=1S/C21H19N3O3/c1-14-6-8-16(9-7-14)23-18-10-11-22-19(13-18)20(25)24-17-5-3-4-15(12-17)21(26)27-2/h3-13H,1-2H3,(H,22,23)(H,24,25). The van der Waals surface area contributed by atoms with Gasteiger partial charge < -0.3 is 15.4 Å². The van der Waals surface area contributed by atoms with Crippen LogP contribution in [0.5, 0.6) is 0 Å². The molecule has 1 amide bonds. The maximum Gasteiger partial charge on any atom is 0.337 e. The molecule has 6 nitrogen and oxygen atoms in total. The van der Waals surface area contributed by atoms with Crippen molar-refractivity contribution in [3.05, 3.63) is 83.7 Å². The molecule has 0 atom stereocenters. The number of ether oxygens (including phenoxy) is 1. The van der Waals surface area contributed by atoms with Gasteiger partial charge in [-0.3, -0.25) is 9.78 Å². The monoisotopic (exact) mass is 361 g/mol. The van der Waals surface area contributed by atoms with Crippen molar-refractivity contribution >= 4 is 28.9 Å². The Hall–Kier alpha value is -3.67. The van der Waals surface area contributed by atoms with E-state index in [1.54, 1.807) is 42.6 Å². The lowest BCUT2D eigenvalue weighted by atomic mass is 10.2. The number of aryl methyl sites for hydroxylation is 1. The van der Waals surface area contributed by atoms with Crippen molar-refractivity contribution < 1.29 is 14.3 Å². The van der Waals surface area contributed by atoms with Gasteiger partial charge in [0.15, 0.2) is 0 Å². The number of hydrogen-bond donors (Lipinski definition) is 2. The van der Waals surface area contributed by atoms with Gasteiger partial charge >= 0.3 is 5.97 Å². The first kappa shape index (κ1) is 18.1. The number of benzene rings is 2. The van der Waals surface area contributed by atoms with Crippen LogP contribution in [0.25, 0.3) is 0 Å². The van der Waals surface area contributed by atoms with E-state index < -0.39 is 5.97 Å². The number of nitrogens with one attached hydrogen (secondary N) is 2. The van der Waals surface area contributed by atoms with Gasteiger partial charge in [-0.15, -0.1) is 0 Å². The lowest BCUT2D eigenvalue weighted by Crippen LogP contribution is -2.14. The van der Waals surface area contributed by atoms with Gasteiger partial charge in [-0.25, -0.2) is 4.79 Å². The molecule has 0 fully saturated rings. The summed E-state index contributed by atoms with van der Waals surface area (Å²) in [7, 11) is 1.31. The average Bonchev–Trinajstić information content (AvgIpc) is 2.69. The zero-order valence-electron chi connectivity index (χ0n) is 15.0. The van der Waals surface area contributed by atoms with Crippen LogP contribution in [0.4, 0.5) is 17.1 Å². The zero-order valence-corrected chi connectivity index (χ0v) is 15.0. The number of rotatable bonds is 5. The highest BCUT2D eigenvalue weighted by molar-refractivity contribution is 6.04. The van der Waals surface area contributed by atoms with Crippen molar-refractivity contribution in [2.24, 2.45) is 0 Å². The Balaban J connectivity index is 1.73. The molecule has 1 heterocycles. The highest BCUT2D eigenvalue weighted by atomic mass is 16.5. The predicted molar refractivity (Wildman–Crippen MR) is 104 cm³/mol. The summed E-state index contributed by atoms with van der Waals surface area (Å²) in [5, 5.41) is 5.98. The van der Waals surface area contributed by atoms with E-state index in [0.29, 0.717) is 11.3 Å². The molecule has 0 unspecified atom stereocenters. The van der Waals surface area contributed by atoms with E-state index in [9.17, 15) is 9.59 Å². The highest BCUT2D eigenvalue weighted by Gasteiger charge is 2.11. The molecule has 0 bridgehead atoms. The summed E-state index contributed by atoms with van der Waals surface area (Å²) >= 11 is 0. The highest BCUT2D eigenvalue weighted by Crippen LogP contribution is 2.18. The molecule has 3 rings (SSSR count). The van der Waals surface area contributed by atoms with Gasteiger partial charge in [-0.2, -0.15) is 0 Å². The molecule has 2 N–H and O–H groups in total. The van der Waals surface area contributed by atoms with Crippen LogP contribution >= 0.6 is 0 Å². The first-order chi connectivity index (χ1) is 13.0. The lowest BCUT2D eigenvalue weighted by Gasteiger charge is -2.09. The second-order valence-corrected chi connectivity index (χ2v) is 5.95. The van der Waals surface area contributed by atoms with Crippen molar-refractivity contribution in [1.82, 2.24) is 4.98 Å².